The van der Waals surface area contributed by atoms with Gasteiger partial charge in [0.1, 0.15) is 11.6 Å². The van der Waals surface area contributed by atoms with Gasteiger partial charge in [0.25, 0.3) is 0 Å². The van der Waals surface area contributed by atoms with Crippen LogP contribution in [0.1, 0.15) is 31.9 Å². The van der Waals surface area contributed by atoms with E-state index >= 15 is 0 Å². The molecule has 0 bridgehead atoms. The first kappa shape index (κ1) is 11.0. The van der Waals surface area contributed by atoms with E-state index in [1.165, 1.54) is 6.07 Å². The summed E-state index contributed by atoms with van der Waals surface area (Å²) in [5, 5.41) is 0. The molecule has 78 valence electrons. The molecule has 0 spiro atoms. The highest BCUT2D eigenvalue weighted by atomic mass is 19.1. The van der Waals surface area contributed by atoms with Gasteiger partial charge in [-0.05, 0) is 31.5 Å². The van der Waals surface area contributed by atoms with E-state index in [1.807, 2.05) is 6.92 Å². The third-order valence-corrected chi connectivity index (χ3v) is 1.93. The third kappa shape index (κ3) is 2.70. The fourth-order valence-corrected chi connectivity index (χ4v) is 1.18. The molecule has 1 atom stereocenters. The van der Waals surface area contributed by atoms with Crippen molar-refractivity contribution in [2.75, 3.05) is 6.61 Å². The molecule has 0 saturated heterocycles. The van der Waals surface area contributed by atoms with Crippen LogP contribution in [0.3, 0.4) is 0 Å². The summed E-state index contributed by atoms with van der Waals surface area (Å²) in [5.74, 6) is 0.407. The molecule has 0 saturated carbocycles. The van der Waals surface area contributed by atoms with E-state index in [0.717, 1.165) is 6.42 Å². The number of rotatable bonds is 4. The molecule has 2 nitrogen and oxygen atoms in total. The first-order valence-electron chi connectivity index (χ1n) is 4.83. The molecule has 1 rings (SSSR count). The Morgan fingerprint density at radius 2 is 2.21 bits per heavy atom. The van der Waals surface area contributed by atoms with Crippen molar-refractivity contribution in [3.63, 3.8) is 0 Å². The van der Waals surface area contributed by atoms with Crippen LogP contribution in [0.4, 0.5) is 4.39 Å². The summed E-state index contributed by atoms with van der Waals surface area (Å²) in [6, 6.07) is 4.37. The van der Waals surface area contributed by atoms with E-state index in [1.54, 1.807) is 19.1 Å². The molecule has 0 aliphatic heterocycles. The Morgan fingerprint density at radius 1 is 1.50 bits per heavy atom. The fraction of sp³-hybridized carbons (Fsp3) is 0.455. The zero-order valence-electron chi connectivity index (χ0n) is 8.59. The molecule has 0 aromatic heterocycles. The Morgan fingerprint density at radius 3 is 2.79 bits per heavy atom. The van der Waals surface area contributed by atoms with Gasteiger partial charge in [0, 0.05) is 11.6 Å². The number of halogens is 1. The minimum absolute atomic E-state index is 0.274. The van der Waals surface area contributed by atoms with Crippen LogP contribution in [0.25, 0.3) is 0 Å². The van der Waals surface area contributed by atoms with Crippen molar-refractivity contribution in [2.24, 2.45) is 5.73 Å². The highest BCUT2D eigenvalue weighted by molar-refractivity contribution is 5.31. The second-order valence-electron chi connectivity index (χ2n) is 3.32. The third-order valence-electron chi connectivity index (χ3n) is 1.93. The van der Waals surface area contributed by atoms with Crippen LogP contribution in [-0.4, -0.2) is 6.61 Å². The van der Waals surface area contributed by atoms with Gasteiger partial charge >= 0.3 is 0 Å². The van der Waals surface area contributed by atoms with Crippen LogP contribution in [0.15, 0.2) is 18.2 Å². The Hall–Kier alpha value is -1.09. The number of hydrogen-bond acceptors (Lipinski definition) is 2. The Bertz CT molecular complexity index is 299. The van der Waals surface area contributed by atoms with Crippen LogP contribution in [-0.2, 0) is 0 Å². The second-order valence-corrected chi connectivity index (χ2v) is 3.32. The Balaban J connectivity index is 2.83. The van der Waals surface area contributed by atoms with E-state index in [2.05, 4.69) is 0 Å². The average Bonchev–Trinajstić information content (AvgIpc) is 2.16. The lowest BCUT2D eigenvalue weighted by molar-refractivity contribution is 0.316. The van der Waals surface area contributed by atoms with Gasteiger partial charge in [-0.25, -0.2) is 4.39 Å². The molecule has 0 aliphatic rings. The van der Waals surface area contributed by atoms with Gasteiger partial charge in [0.2, 0.25) is 0 Å². The summed E-state index contributed by atoms with van der Waals surface area (Å²) in [6.45, 7) is 4.42. The standard InChI is InChI=1S/C11H16FNO/c1-3-6-14-9-4-5-11(12)10(7-9)8(2)13/h4-5,7-8H,3,6,13H2,1-2H3. The molecular formula is C11H16FNO. The Labute approximate surface area is 83.9 Å². The van der Waals surface area contributed by atoms with Crippen molar-refractivity contribution >= 4 is 0 Å². The molecule has 1 unspecified atom stereocenters. The number of nitrogens with two attached hydrogens (primary N) is 1. The number of ether oxygens (including phenoxy) is 1. The smallest absolute Gasteiger partial charge is 0.128 e. The summed E-state index contributed by atoms with van der Waals surface area (Å²) >= 11 is 0. The fourth-order valence-electron chi connectivity index (χ4n) is 1.18. The number of benzene rings is 1. The van der Waals surface area contributed by atoms with E-state index < -0.39 is 0 Å². The van der Waals surface area contributed by atoms with Gasteiger partial charge in [0.15, 0.2) is 0 Å². The first-order chi connectivity index (χ1) is 6.65. The zero-order valence-corrected chi connectivity index (χ0v) is 8.59. The molecule has 1 aromatic rings. The first-order valence-corrected chi connectivity index (χ1v) is 4.83. The highest BCUT2D eigenvalue weighted by Gasteiger charge is 2.07. The maximum Gasteiger partial charge on any atom is 0.128 e. The second kappa shape index (κ2) is 4.96. The molecule has 0 amide bonds. The lowest BCUT2D eigenvalue weighted by atomic mass is 10.1. The largest absolute Gasteiger partial charge is 0.494 e. The van der Waals surface area contributed by atoms with Crippen LogP contribution < -0.4 is 10.5 Å². The van der Waals surface area contributed by atoms with Gasteiger partial charge < -0.3 is 10.5 Å². The predicted molar refractivity (Wildman–Crippen MR) is 54.8 cm³/mol. The molecule has 14 heavy (non-hydrogen) atoms. The van der Waals surface area contributed by atoms with E-state index in [9.17, 15) is 4.39 Å². The molecular weight excluding hydrogens is 181 g/mol. The quantitative estimate of drug-likeness (QED) is 0.805. The van der Waals surface area contributed by atoms with Gasteiger partial charge in [-0.3, -0.25) is 0 Å². The number of hydrogen-bond donors (Lipinski definition) is 1. The minimum Gasteiger partial charge on any atom is -0.494 e. The van der Waals surface area contributed by atoms with Crippen molar-refractivity contribution in [3.8, 4) is 5.75 Å². The summed E-state index contributed by atoms with van der Waals surface area (Å²) in [6.07, 6.45) is 0.935. The van der Waals surface area contributed by atoms with Crippen molar-refractivity contribution in [2.45, 2.75) is 26.3 Å². The topological polar surface area (TPSA) is 35.2 Å². The lowest BCUT2D eigenvalue weighted by Crippen LogP contribution is -2.08. The van der Waals surface area contributed by atoms with Crippen molar-refractivity contribution in [3.05, 3.63) is 29.6 Å². The monoisotopic (exact) mass is 197 g/mol. The lowest BCUT2D eigenvalue weighted by Gasteiger charge is -2.10. The summed E-state index contributed by atoms with van der Waals surface area (Å²) in [4.78, 5) is 0. The molecule has 1 aromatic carbocycles. The van der Waals surface area contributed by atoms with Gasteiger partial charge in [0.05, 0.1) is 6.61 Å². The molecule has 0 radical (unpaired) electrons. The van der Waals surface area contributed by atoms with Gasteiger partial charge in [-0.1, -0.05) is 6.92 Å². The van der Waals surface area contributed by atoms with Gasteiger partial charge in [-0.15, -0.1) is 0 Å². The van der Waals surface area contributed by atoms with Crippen molar-refractivity contribution in [1.29, 1.82) is 0 Å². The summed E-state index contributed by atoms with van der Waals surface area (Å²) in [7, 11) is 0. The van der Waals surface area contributed by atoms with Crippen LogP contribution in [0.5, 0.6) is 5.75 Å². The molecule has 3 heteroatoms. The summed E-state index contributed by atoms with van der Waals surface area (Å²) < 4.78 is 18.6. The van der Waals surface area contributed by atoms with Crippen molar-refractivity contribution < 1.29 is 9.13 Å². The molecule has 0 aliphatic carbocycles. The molecule has 0 fully saturated rings. The van der Waals surface area contributed by atoms with Crippen LogP contribution in [0.2, 0.25) is 0 Å². The van der Waals surface area contributed by atoms with Crippen molar-refractivity contribution in [1.82, 2.24) is 0 Å². The SMILES string of the molecule is CCCOc1ccc(F)c(C(C)N)c1. The predicted octanol–water partition coefficient (Wildman–Crippen LogP) is 2.63. The maximum atomic E-state index is 13.2. The van der Waals surface area contributed by atoms with Gasteiger partial charge in [-0.2, -0.15) is 0 Å². The molecule has 0 heterocycles. The molecule has 2 N–H and O–H groups in total. The van der Waals surface area contributed by atoms with Crippen LogP contribution >= 0.6 is 0 Å². The maximum absolute atomic E-state index is 13.2. The van der Waals surface area contributed by atoms with Crippen LogP contribution in [0, 0.1) is 5.82 Å². The van der Waals surface area contributed by atoms with E-state index in [4.69, 9.17) is 10.5 Å². The minimum atomic E-state index is -0.305. The Kier molecular flexibility index (Phi) is 3.89. The van der Waals surface area contributed by atoms with E-state index in [0.29, 0.717) is 17.9 Å². The summed E-state index contributed by atoms with van der Waals surface area (Å²) in [5.41, 5.74) is 6.12. The highest BCUT2D eigenvalue weighted by Crippen LogP contribution is 2.21. The zero-order chi connectivity index (χ0) is 10.6. The normalized spacial score (nSPS) is 12.6. The average molecular weight is 197 g/mol. The van der Waals surface area contributed by atoms with E-state index in [-0.39, 0.29) is 11.9 Å².